The number of nitrogens with one attached hydrogen (secondary N) is 1. The van der Waals surface area contributed by atoms with E-state index in [0.717, 1.165) is 43.9 Å². The first-order valence-corrected chi connectivity index (χ1v) is 10.4. The normalized spacial score (nSPS) is 10.7. The van der Waals surface area contributed by atoms with Gasteiger partial charge in [0.25, 0.3) is 0 Å². The fraction of sp³-hybridized carbons (Fsp3) is 0.250. The molecule has 0 spiro atoms. The predicted octanol–water partition coefficient (Wildman–Crippen LogP) is 4.52. The summed E-state index contributed by atoms with van der Waals surface area (Å²) in [6.07, 6.45) is 0.983. The third-order valence-electron chi connectivity index (χ3n) is 4.05. The van der Waals surface area contributed by atoms with Crippen molar-refractivity contribution < 1.29 is 9.90 Å². The van der Waals surface area contributed by atoms with Gasteiger partial charge in [0.05, 0.1) is 6.42 Å². The van der Waals surface area contributed by atoms with Gasteiger partial charge in [-0.05, 0) is 30.5 Å². The maximum Gasteiger partial charge on any atom is 0.307 e. The first kappa shape index (κ1) is 19.4. The van der Waals surface area contributed by atoms with Crippen LogP contribution in [0.5, 0.6) is 0 Å². The van der Waals surface area contributed by atoms with Gasteiger partial charge in [-0.15, -0.1) is 22.0 Å². The van der Waals surface area contributed by atoms with E-state index < -0.39 is 5.97 Å². The number of aromatic nitrogens is 2. The average Bonchev–Trinajstić information content (AvgIpc) is 3.13. The minimum absolute atomic E-state index is 0.0633. The van der Waals surface area contributed by atoms with Crippen LogP contribution in [0.15, 0.2) is 47.4 Å². The zero-order valence-electron chi connectivity index (χ0n) is 15.2. The molecule has 0 saturated heterocycles. The average molecular weight is 400 g/mol. The lowest BCUT2D eigenvalue weighted by Gasteiger charge is -2.09. The van der Waals surface area contributed by atoms with Crippen molar-refractivity contribution in [2.75, 3.05) is 18.1 Å². The number of carbonyl (C=O) groups is 1. The van der Waals surface area contributed by atoms with Crippen LogP contribution in [0.1, 0.15) is 16.7 Å². The van der Waals surface area contributed by atoms with Crippen LogP contribution in [-0.4, -0.2) is 34.1 Å². The Morgan fingerprint density at radius 3 is 2.63 bits per heavy atom. The van der Waals surface area contributed by atoms with Crippen LogP contribution in [0.3, 0.4) is 0 Å². The van der Waals surface area contributed by atoms with Gasteiger partial charge in [-0.3, -0.25) is 4.79 Å². The SMILES string of the molecule is CNc1nnc(-c2ccc(CCSc3cc(C)ccc3CC(=O)O)cc2)s1. The summed E-state index contributed by atoms with van der Waals surface area (Å²) in [7, 11) is 1.83. The predicted molar refractivity (Wildman–Crippen MR) is 112 cm³/mol. The number of aryl methyl sites for hydroxylation is 2. The number of thioether (sulfide) groups is 1. The van der Waals surface area contributed by atoms with Gasteiger partial charge in [-0.2, -0.15) is 0 Å². The van der Waals surface area contributed by atoms with Crippen molar-refractivity contribution in [2.24, 2.45) is 0 Å². The van der Waals surface area contributed by atoms with Crippen LogP contribution >= 0.6 is 23.1 Å². The van der Waals surface area contributed by atoms with Crippen molar-refractivity contribution in [3.8, 4) is 10.6 Å². The van der Waals surface area contributed by atoms with Gasteiger partial charge >= 0.3 is 5.97 Å². The van der Waals surface area contributed by atoms with E-state index in [-0.39, 0.29) is 6.42 Å². The second-order valence-electron chi connectivity index (χ2n) is 6.14. The lowest BCUT2D eigenvalue weighted by atomic mass is 10.1. The van der Waals surface area contributed by atoms with E-state index in [1.54, 1.807) is 11.8 Å². The van der Waals surface area contributed by atoms with Crippen molar-refractivity contribution in [3.63, 3.8) is 0 Å². The first-order chi connectivity index (χ1) is 13.0. The minimum atomic E-state index is -0.797. The molecule has 2 aromatic carbocycles. The highest BCUT2D eigenvalue weighted by Gasteiger charge is 2.09. The summed E-state index contributed by atoms with van der Waals surface area (Å²) in [5, 5.41) is 22.0. The summed E-state index contributed by atoms with van der Waals surface area (Å²) >= 11 is 3.24. The molecule has 3 rings (SSSR count). The molecular formula is C20H21N3O2S2. The number of hydrogen-bond donors (Lipinski definition) is 2. The molecule has 0 bridgehead atoms. The molecule has 0 amide bonds. The van der Waals surface area contributed by atoms with Crippen molar-refractivity contribution in [2.45, 2.75) is 24.7 Å². The number of rotatable bonds is 8. The van der Waals surface area contributed by atoms with Crippen molar-refractivity contribution >= 4 is 34.2 Å². The molecule has 5 nitrogen and oxygen atoms in total. The van der Waals surface area contributed by atoms with Gasteiger partial charge in [0.15, 0.2) is 0 Å². The van der Waals surface area contributed by atoms with Gasteiger partial charge in [-0.1, -0.05) is 53.3 Å². The second-order valence-corrected chi connectivity index (χ2v) is 8.25. The van der Waals surface area contributed by atoms with E-state index in [4.69, 9.17) is 5.11 Å². The smallest absolute Gasteiger partial charge is 0.307 e. The van der Waals surface area contributed by atoms with Crippen LogP contribution in [0.4, 0.5) is 5.13 Å². The highest BCUT2D eigenvalue weighted by Crippen LogP contribution is 2.28. The number of carboxylic acid groups (broad SMARTS) is 1. The molecule has 0 unspecified atom stereocenters. The molecule has 140 valence electrons. The molecular weight excluding hydrogens is 378 g/mol. The summed E-state index contributed by atoms with van der Waals surface area (Å²) in [6, 6.07) is 14.3. The van der Waals surface area contributed by atoms with Crippen LogP contribution in [0.2, 0.25) is 0 Å². The molecule has 27 heavy (non-hydrogen) atoms. The molecule has 0 aliphatic carbocycles. The Hall–Kier alpha value is -2.38. The first-order valence-electron chi connectivity index (χ1n) is 8.60. The molecule has 2 N–H and O–H groups in total. The monoisotopic (exact) mass is 399 g/mol. The largest absolute Gasteiger partial charge is 0.481 e. The molecule has 3 aromatic rings. The Morgan fingerprint density at radius 2 is 1.96 bits per heavy atom. The van der Waals surface area contributed by atoms with Gasteiger partial charge in [0, 0.05) is 23.3 Å². The molecule has 1 heterocycles. The van der Waals surface area contributed by atoms with Crippen molar-refractivity contribution in [3.05, 3.63) is 59.2 Å². The van der Waals surface area contributed by atoms with E-state index >= 15 is 0 Å². The van der Waals surface area contributed by atoms with Gasteiger partial charge in [0.2, 0.25) is 5.13 Å². The maximum absolute atomic E-state index is 11.0. The van der Waals surface area contributed by atoms with E-state index in [1.165, 1.54) is 16.9 Å². The van der Waals surface area contributed by atoms with Crippen LogP contribution < -0.4 is 5.32 Å². The fourth-order valence-electron chi connectivity index (χ4n) is 2.64. The third-order valence-corrected chi connectivity index (χ3v) is 6.14. The molecule has 0 aliphatic rings. The van der Waals surface area contributed by atoms with Crippen molar-refractivity contribution in [1.82, 2.24) is 10.2 Å². The second kappa shape index (κ2) is 9.01. The zero-order chi connectivity index (χ0) is 19.2. The Kier molecular flexibility index (Phi) is 6.47. The van der Waals surface area contributed by atoms with Gasteiger partial charge < -0.3 is 10.4 Å². The number of nitrogens with zero attached hydrogens (tertiary/aromatic N) is 2. The topological polar surface area (TPSA) is 75.1 Å². The van der Waals surface area contributed by atoms with Crippen molar-refractivity contribution in [1.29, 1.82) is 0 Å². The quantitative estimate of drug-likeness (QED) is 0.543. The van der Waals surface area contributed by atoms with Crippen LogP contribution in [0.25, 0.3) is 10.6 Å². The van der Waals surface area contributed by atoms with Gasteiger partial charge in [0.1, 0.15) is 5.01 Å². The molecule has 0 atom stereocenters. The minimum Gasteiger partial charge on any atom is -0.481 e. The molecule has 0 fully saturated rings. The molecule has 0 radical (unpaired) electrons. The Balaban J connectivity index is 1.61. The van der Waals surface area contributed by atoms with Crippen LogP contribution in [0, 0.1) is 6.92 Å². The number of carboxylic acids is 1. The number of hydrogen-bond acceptors (Lipinski definition) is 6. The lowest BCUT2D eigenvalue weighted by molar-refractivity contribution is -0.136. The van der Waals surface area contributed by atoms with E-state index in [2.05, 4.69) is 45.8 Å². The Bertz CT molecular complexity index is 923. The summed E-state index contributed by atoms with van der Waals surface area (Å²) < 4.78 is 0. The summed E-state index contributed by atoms with van der Waals surface area (Å²) in [6.45, 7) is 2.03. The van der Waals surface area contributed by atoms with E-state index in [0.29, 0.717) is 0 Å². The Labute approximate surface area is 166 Å². The molecule has 0 aliphatic heterocycles. The number of aliphatic carboxylic acids is 1. The third kappa shape index (κ3) is 5.30. The highest BCUT2D eigenvalue weighted by atomic mass is 32.2. The summed E-state index contributed by atoms with van der Waals surface area (Å²) in [4.78, 5) is 12.1. The number of benzene rings is 2. The molecule has 7 heteroatoms. The zero-order valence-corrected chi connectivity index (χ0v) is 16.9. The summed E-state index contributed by atoms with van der Waals surface area (Å²) in [5.74, 6) is 0.104. The molecule has 1 aromatic heterocycles. The molecule has 0 saturated carbocycles. The summed E-state index contributed by atoms with van der Waals surface area (Å²) in [5.41, 5.74) is 4.34. The standard InChI is InChI=1S/C20H21N3O2S2/c1-13-3-6-16(12-18(24)25)17(11-13)26-10-9-14-4-7-15(8-5-14)19-22-23-20(21-2)27-19/h3-8,11H,9-10,12H2,1-2H3,(H,21,23)(H,24,25). The maximum atomic E-state index is 11.0. The lowest BCUT2D eigenvalue weighted by Crippen LogP contribution is -2.02. The van der Waals surface area contributed by atoms with Crippen LogP contribution in [-0.2, 0) is 17.6 Å². The Morgan fingerprint density at radius 1 is 1.19 bits per heavy atom. The van der Waals surface area contributed by atoms with E-state index in [9.17, 15) is 4.79 Å². The van der Waals surface area contributed by atoms with Gasteiger partial charge in [-0.25, -0.2) is 0 Å². The number of anilines is 1. The highest BCUT2D eigenvalue weighted by molar-refractivity contribution is 7.99. The fourth-order valence-corrected chi connectivity index (χ4v) is 4.49. The van der Waals surface area contributed by atoms with E-state index in [1.807, 2.05) is 26.1 Å².